The number of nitrogens with zero attached hydrogens (tertiary/aromatic N) is 3. The Morgan fingerprint density at radius 2 is 0.829 bits per heavy atom. The Kier molecular flexibility index (Phi) is 11.3. The number of aryl methyl sites for hydroxylation is 1. The fourth-order valence-corrected chi connectivity index (χ4v) is 14.2. The Morgan fingerprint density at radius 3 is 1.32 bits per heavy atom. The predicted molar refractivity (Wildman–Crippen MR) is 329 cm³/mol. The lowest BCUT2D eigenvalue weighted by molar-refractivity contribution is 0.332. The fourth-order valence-electron chi connectivity index (χ4n) is 14.2. The second-order valence-electron chi connectivity index (χ2n) is 27.7. The molecule has 0 unspecified atom stereocenters. The van der Waals surface area contributed by atoms with Crippen molar-refractivity contribution in [3.05, 3.63) is 203 Å². The molecule has 0 atom stereocenters. The van der Waals surface area contributed by atoms with Crippen LogP contribution in [0.4, 0.5) is 51.2 Å². The number of hydrogen-bond acceptors (Lipinski definition) is 3. The second kappa shape index (κ2) is 17.1. The minimum atomic E-state index is -0.0551. The monoisotopic (exact) mass is 996 g/mol. The maximum Gasteiger partial charge on any atom is 0.252 e. The van der Waals surface area contributed by atoms with Gasteiger partial charge in [0.15, 0.2) is 0 Å². The van der Waals surface area contributed by atoms with Crippen molar-refractivity contribution in [1.82, 2.24) is 0 Å². The van der Waals surface area contributed by atoms with Crippen molar-refractivity contribution < 1.29 is 0 Å². The highest BCUT2D eigenvalue weighted by molar-refractivity contribution is 7.00. The Bertz CT molecular complexity index is 3570. The molecule has 8 aromatic carbocycles. The van der Waals surface area contributed by atoms with E-state index in [1.165, 1.54) is 101 Å². The van der Waals surface area contributed by atoms with Crippen LogP contribution in [-0.2, 0) is 32.5 Å². The Labute approximate surface area is 456 Å². The number of rotatable bonds is 6. The minimum Gasteiger partial charge on any atom is -0.311 e. The first-order valence-electron chi connectivity index (χ1n) is 28.2. The van der Waals surface area contributed by atoms with Crippen LogP contribution in [0.15, 0.2) is 164 Å². The van der Waals surface area contributed by atoms with Gasteiger partial charge in [-0.1, -0.05) is 194 Å². The van der Waals surface area contributed by atoms with Crippen LogP contribution in [0, 0.1) is 6.92 Å². The van der Waals surface area contributed by atoms with Crippen LogP contribution in [0.25, 0.3) is 11.1 Å². The van der Waals surface area contributed by atoms with E-state index in [0.717, 1.165) is 36.3 Å². The summed E-state index contributed by atoms with van der Waals surface area (Å²) in [6.45, 7) is 36.2. The highest BCUT2D eigenvalue weighted by Gasteiger charge is 2.50. The van der Waals surface area contributed by atoms with Crippen LogP contribution >= 0.6 is 0 Å². The number of anilines is 9. The van der Waals surface area contributed by atoms with Crippen LogP contribution in [-0.4, -0.2) is 6.71 Å². The van der Waals surface area contributed by atoms with Crippen molar-refractivity contribution in [3.8, 4) is 11.1 Å². The molecule has 0 radical (unpaired) electrons. The van der Waals surface area contributed by atoms with E-state index in [2.05, 4.69) is 282 Å². The first-order chi connectivity index (χ1) is 35.8. The van der Waals surface area contributed by atoms with Gasteiger partial charge in [0.1, 0.15) is 0 Å². The van der Waals surface area contributed by atoms with E-state index in [1.807, 2.05) is 0 Å². The standard InChI is InChI=1S/C72H78BN3/c1-46-37-48(67(2,3)4)31-33-60(46)75-62-43-56-54(69(8,9)35-36-70(56,10)11)41-58(62)73-59-42-55-57(72(14,15)45-71(55,12)13)44-63(59)76(61-34-32-49(68(5,6)7)38-53(61)47-25-19-16-20-26-47)65-40-52(39-64(75)66(65)73)74(50-27-21-17-22-28-50)51-29-23-18-24-30-51/h16-34,37-44H,35-36,45H2,1-15H3. The summed E-state index contributed by atoms with van der Waals surface area (Å²) in [6, 6.07) is 63.6. The van der Waals surface area contributed by atoms with Crippen LogP contribution in [0.2, 0.25) is 0 Å². The predicted octanol–water partition coefficient (Wildman–Crippen LogP) is 18.1. The van der Waals surface area contributed by atoms with Crippen LogP contribution < -0.4 is 31.1 Å². The molecule has 4 heteroatoms. The summed E-state index contributed by atoms with van der Waals surface area (Å²) < 4.78 is 0. The number of para-hydroxylation sites is 2. The van der Waals surface area contributed by atoms with Gasteiger partial charge in [-0.3, -0.25) is 0 Å². The summed E-state index contributed by atoms with van der Waals surface area (Å²) in [7, 11) is 0. The van der Waals surface area contributed by atoms with Gasteiger partial charge in [0.25, 0.3) is 6.71 Å². The molecule has 0 bridgehead atoms. The van der Waals surface area contributed by atoms with E-state index >= 15 is 0 Å². The van der Waals surface area contributed by atoms with Crippen molar-refractivity contribution in [2.24, 2.45) is 0 Å². The Morgan fingerprint density at radius 1 is 0.408 bits per heavy atom. The summed E-state index contributed by atoms with van der Waals surface area (Å²) in [5.41, 5.74) is 27.2. The van der Waals surface area contributed by atoms with Gasteiger partial charge in [0.2, 0.25) is 0 Å². The van der Waals surface area contributed by atoms with E-state index in [1.54, 1.807) is 0 Å². The van der Waals surface area contributed by atoms with Gasteiger partial charge in [-0.25, -0.2) is 0 Å². The normalized spacial score (nSPS) is 17.3. The topological polar surface area (TPSA) is 9.72 Å². The SMILES string of the molecule is Cc1cc(C(C)(C)C)ccc1N1c2cc3c(cc2B2c4cc5c(cc4N(c4ccc(C(C)(C)C)cc4-c4ccccc4)c4cc(N(c6ccccc6)c6ccccc6)cc1c42)C(C)(C)CC5(C)C)C(C)(C)CCC3(C)C. The lowest BCUT2D eigenvalue weighted by atomic mass is 9.33. The van der Waals surface area contributed by atoms with E-state index in [4.69, 9.17) is 0 Å². The molecule has 384 valence electrons. The molecule has 2 heterocycles. The second-order valence-corrected chi connectivity index (χ2v) is 27.7. The molecular formula is C72H78BN3. The third-order valence-electron chi connectivity index (χ3n) is 18.3. The van der Waals surface area contributed by atoms with Gasteiger partial charge in [-0.15, -0.1) is 0 Å². The van der Waals surface area contributed by atoms with Gasteiger partial charge < -0.3 is 14.7 Å². The summed E-state index contributed by atoms with van der Waals surface area (Å²) in [5.74, 6) is 0. The van der Waals surface area contributed by atoms with Gasteiger partial charge >= 0.3 is 0 Å². The molecule has 4 aliphatic rings. The summed E-state index contributed by atoms with van der Waals surface area (Å²) in [6.07, 6.45) is 3.39. The highest BCUT2D eigenvalue weighted by Crippen LogP contribution is 2.56. The smallest absolute Gasteiger partial charge is 0.252 e. The van der Waals surface area contributed by atoms with E-state index in [-0.39, 0.29) is 39.2 Å². The molecule has 0 aromatic heterocycles. The molecule has 12 rings (SSSR count). The zero-order valence-electron chi connectivity index (χ0n) is 48.1. The maximum atomic E-state index is 2.71. The van der Waals surface area contributed by atoms with Gasteiger partial charge in [-0.05, 0) is 186 Å². The molecule has 0 spiro atoms. The van der Waals surface area contributed by atoms with Crippen LogP contribution in [0.1, 0.15) is 155 Å². The molecular weight excluding hydrogens is 918 g/mol. The lowest BCUT2D eigenvalue weighted by Gasteiger charge is -2.48. The molecule has 2 aliphatic heterocycles. The third kappa shape index (κ3) is 7.98. The summed E-state index contributed by atoms with van der Waals surface area (Å²) >= 11 is 0. The Hall–Kier alpha value is -6.78. The van der Waals surface area contributed by atoms with Gasteiger partial charge in [0.05, 0.1) is 11.4 Å². The van der Waals surface area contributed by atoms with E-state index < -0.39 is 0 Å². The molecule has 0 saturated carbocycles. The number of fused-ring (bicyclic) bond motifs is 6. The zero-order chi connectivity index (χ0) is 53.6. The van der Waals surface area contributed by atoms with Gasteiger partial charge in [-0.2, -0.15) is 0 Å². The van der Waals surface area contributed by atoms with Crippen molar-refractivity contribution in [1.29, 1.82) is 0 Å². The molecule has 3 nitrogen and oxygen atoms in total. The maximum absolute atomic E-state index is 2.71. The molecule has 0 amide bonds. The quantitative estimate of drug-likeness (QED) is 0.154. The van der Waals surface area contributed by atoms with Crippen molar-refractivity contribution in [2.75, 3.05) is 14.7 Å². The minimum absolute atomic E-state index is 0.000365. The van der Waals surface area contributed by atoms with E-state index in [9.17, 15) is 0 Å². The molecule has 0 N–H and O–H groups in total. The zero-order valence-corrected chi connectivity index (χ0v) is 48.1. The van der Waals surface area contributed by atoms with Crippen molar-refractivity contribution >= 4 is 74.3 Å². The Balaban J connectivity index is 1.29. The molecule has 0 fully saturated rings. The molecule has 0 saturated heterocycles. The molecule has 8 aromatic rings. The van der Waals surface area contributed by atoms with Gasteiger partial charge in [0, 0.05) is 45.4 Å². The number of hydrogen-bond donors (Lipinski definition) is 0. The highest BCUT2D eigenvalue weighted by atomic mass is 15.2. The number of benzene rings is 8. The van der Waals surface area contributed by atoms with Crippen LogP contribution in [0.5, 0.6) is 0 Å². The average Bonchev–Trinajstić information content (AvgIpc) is 3.62. The first-order valence-corrected chi connectivity index (χ1v) is 28.2. The van der Waals surface area contributed by atoms with Crippen molar-refractivity contribution in [3.63, 3.8) is 0 Å². The van der Waals surface area contributed by atoms with Crippen LogP contribution in [0.3, 0.4) is 0 Å². The summed E-state index contributed by atoms with van der Waals surface area (Å²) in [5, 5.41) is 0. The van der Waals surface area contributed by atoms with Crippen molar-refractivity contribution in [2.45, 2.75) is 156 Å². The first kappa shape index (κ1) is 50.1. The molecule has 76 heavy (non-hydrogen) atoms. The lowest BCUT2D eigenvalue weighted by Crippen LogP contribution is -2.62. The average molecular weight is 996 g/mol. The fraction of sp³-hybridized carbons (Fsp3) is 0.333. The molecule has 2 aliphatic carbocycles. The third-order valence-corrected chi connectivity index (χ3v) is 18.3. The van der Waals surface area contributed by atoms with E-state index in [0.29, 0.717) is 0 Å². The largest absolute Gasteiger partial charge is 0.311 e. The summed E-state index contributed by atoms with van der Waals surface area (Å²) in [4.78, 5) is 7.89.